The smallest absolute Gasteiger partial charge is 0.214 e. The Labute approximate surface area is 144 Å². The summed E-state index contributed by atoms with van der Waals surface area (Å²) >= 11 is 5.58. The third kappa shape index (κ3) is 4.11. The molecule has 0 aliphatic carbocycles. The van der Waals surface area contributed by atoms with Gasteiger partial charge in [-0.3, -0.25) is 0 Å². The molecule has 0 aliphatic rings. The van der Waals surface area contributed by atoms with E-state index in [1.54, 1.807) is 6.07 Å². The molecule has 0 saturated heterocycles. The molecule has 0 aliphatic heterocycles. The summed E-state index contributed by atoms with van der Waals surface area (Å²) in [4.78, 5) is -0.579. The third-order valence-electron chi connectivity index (χ3n) is 3.15. The van der Waals surface area contributed by atoms with Gasteiger partial charge in [0.1, 0.15) is 4.90 Å². The van der Waals surface area contributed by atoms with Gasteiger partial charge in [0.15, 0.2) is 5.82 Å². The van der Waals surface area contributed by atoms with Crippen LogP contribution in [0, 0.1) is 5.82 Å². The van der Waals surface area contributed by atoms with E-state index in [2.05, 4.69) is 9.44 Å². The van der Waals surface area contributed by atoms with Crippen molar-refractivity contribution >= 4 is 31.6 Å². The van der Waals surface area contributed by atoms with Crippen LogP contribution in [0.2, 0.25) is 5.02 Å². The second-order valence-electron chi connectivity index (χ2n) is 4.73. The maximum atomic E-state index is 13.9. The van der Waals surface area contributed by atoms with Crippen LogP contribution in [0.4, 0.5) is 4.39 Å². The maximum Gasteiger partial charge on any atom is 0.243 e. The van der Waals surface area contributed by atoms with Gasteiger partial charge < -0.3 is 0 Å². The van der Waals surface area contributed by atoms with Crippen molar-refractivity contribution in [2.75, 3.05) is 7.05 Å². The van der Waals surface area contributed by atoms with Gasteiger partial charge in [0.2, 0.25) is 20.0 Å². The number of hydrogen-bond acceptors (Lipinski definition) is 4. The molecule has 6 nitrogen and oxygen atoms in total. The zero-order chi connectivity index (χ0) is 18.0. The highest BCUT2D eigenvalue weighted by molar-refractivity contribution is 7.89. The van der Waals surface area contributed by atoms with Crippen molar-refractivity contribution in [1.82, 2.24) is 9.44 Å². The lowest BCUT2D eigenvalue weighted by Gasteiger charge is -2.09. The first-order chi connectivity index (χ1) is 11.2. The number of hydrogen-bond donors (Lipinski definition) is 2. The van der Waals surface area contributed by atoms with Crippen LogP contribution in [0.15, 0.2) is 52.3 Å². The lowest BCUT2D eigenvalue weighted by atomic mass is 10.2. The van der Waals surface area contributed by atoms with Crippen molar-refractivity contribution in [3.63, 3.8) is 0 Å². The lowest BCUT2D eigenvalue weighted by molar-refractivity contribution is 0.557. The SMILES string of the molecule is CNS(=O)(=O)c1cccc(CNS(=O)(=O)c2cccc(Cl)c2F)c1. The molecular formula is C14H14ClFN2O4S2. The Hall–Kier alpha value is -1.52. The van der Waals surface area contributed by atoms with Crippen molar-refractivity contribution in [3.05, 3.63) is 58.9 Å². The van der Waals surface area contributed by atoms with Gasteiger partial charge in [0.05, 0.1) is 9.92 Å². The summed E-state index contributed by atoms with van der Waals surface area (Å²) in [6.07, 6.45) is 0. The molecule has 0 unspecified atom stereocenters. The van der Waals surface area contributed by atoms with E-state index in [4.69, 9.17) is 11.6 Å². The van der Waals surface area contributed by atoms with E-state index < -0.39 is 30.8 Å². The number of sulfonamides is 2. The summed E-state index contributed by atoms with van der Waals surface area (Å²) in [7, 11) is -6.51. The van der Waals surface area contributed by atoms with Crippen LogP contribution in [0.5, 0.6) is 0 Å². The minimum absolute atomic E-state index is 0.00404. The van der Waals surface area contributed by atoms with Crippen molar-refractivity contribution < 1.29 is 21.2 Å². The van der Waals surface area contributed by atoms with Gasteiger partial charge in [0.25, 0.3) is 0 Å². The fourth-order valence-corrected chi connectivity index (χ4v) is 4.03. The number of halogens is 2. The van der Waals surface area contributed by atoms with E-state index in [0.29, 0.717) is 5.56 Å². The number of benzene rings is 2. The Bertz CT molecular complexity index is 962. The van der Waals surface area contributed by atoms with E-state index in [9.17, 15) is 21.2 Å². The van der Waals surface area contributed by atoms with E-state index in [0.717, 1.165) is 6.07 Å². The van der Waals surface area contributed by atoms with E-state index in [-0.39, 0.29) is 16.5 Å². The maximum absolute atomic E-state index is 13.9. The minimum atomic E-state index is -4.14. The number of rotatable bonds is 6. The first kappa shape index (κ1) is 18.8. The predicted molar refractivity (Wildman–Crippen MR) is 88.1 cm³/mol. The third-order valence-corrected chi connectivity index (χ3v) is 6.27. The highest BCUT2D eigenvalue weighted by Crippen LogP contribution is 2.22. The standard InChI is InChI=1S/C14H14ClFN2O4S2/c1-17-23(19,20)11-5-2-4-10(8-11)9-18-24(21,22)13-7-3-6-12(15)14(13)16/h2-8,17-18H,9H2,1H3. The topological polar surface area (TPSA) is 92.3 Å². The summed E-state index contributed by atoms with van der Waals surface area (Å²) in [5.41, 5.74) is 0.400. The molecule has 0 fully saturated rings. The molecule has 10 heteroatoms. The monoisotopic (exact) mass is 392 g/mol. The lowest BCUT2D eigenvalue weighted by Crippen LogP contribution is -2.24. The molecule has 0 saturated carbocycles. The van der Waals surface area contributed by atoms with E-state index >= 15 is 0 Å². The van der Waals surface area contributed by atoms with Gasteiger partial charge in [-0.25, -0.2) is 30.7 Å². The van der Waals surface area contributed by atoms with Crippen LogP contribution in [0.1, 0.15) is 5.56 Å². The van der Waals surface area contributed by atoms with Gasteiger partial charge in [-0.05, 0) is 36.9 Å². The molecular weight excluding hydrogens is 379 g/mol. The van der Waals surface area contributed by atoms with Crippen LogP contribution >= 0.6 is 11.6 Å². The van der Waals surface area contributed by atoms with Crippen LogP contribution in [0.3, 0.4) is 0 Å². The molecule has 0 amide bonds. The molecule has 0 aromatic heterocycles. The minimum Gasteiger partial charge on any atom is -0.214 e. The second kappa shape index (κ2) is 7.16. The first-order valence-electron chi connectivity index (χ1n) is 6.63. The van der Waals surface area contributed by atoms with Crippen molar-refractivity contribution in [3.8, 4) is 0 Å². The summed E-state index contributed by atoms with van der Waals surface area (Å²) < 4.78 is 66.1. The second-order valence-corrected chi connectivity index (χ2v) is 8.76. The van der Waals surface area contributed by atoms with Crippen molar-refractivity contribution in [2.45, 2.75) is 16.3 Å². The Morgan fingerprint density at radius 1 is 1.04 bits per heavy atom. The molecule has 2 N–H and O–H groups in total. The van der Waals surface area contributed by atoms with Gasteiger partial charge in [-0.2, -0.15) is 0 Å². The van der Waals surface area contributed by atoms with Crippen molar-refractivity contribution in [1.29, 1.82) is 0 Å². The molecule has 2 aromatic carbocycles. The highest BCUT2D eigenvalue weighted by Gasteiger charge is 2.20. The van der Waals surface area contributed by atoms with Crippen LogP contribution < -0.4 is 9.44 Å². The van der Waals surface area contributed by atoms with E-state index in [1.165, 1.54) is 37.4 Å². The van der Waals surface area contributed by atoms with Gasteiger partial charge in [-0.1, -0.05) is 29.8 Å². The van der Waals surface area contributed by atoms with Gasteiger partial charge >= 0.3 is 0 Å². The zero-order valence-electron chi connectivity index (χ0n) is 12.5. The quantitative estimate of drug-likeness (QED) is 0.784. The van der Waals surface area contributed by atoms with Crippen molar-refractivity contribution in [2.24, 2.45) is 0 Å². The highest BCUT2D eigenvalue weighted by atomic mass is 35.5. The molecule has 2 aromatic rings. The average Bonchev–Trinajstić information content (AvgIpc) is 2.55. The number of nitrogens with one attached hydrogen (secondary N) is 2. The summed E-state index contributed by atoms with van der Waals surface area (Å²) in [6.45, 7) is -0.207. The Kier molecular flexibility index (Phi) is 5.61. The molecule has 0 radical (unpaired) electrons. The largest absolute Gasteiger partial charge is 0.243 e. The Morgan fingerprint density at radius 2 is 1.71 bits per heavy atom. The van der Waals surface area contributed by atoms with Crippen LogP contribution in [-0.2, 0) is 26.6 Å². The van der Waals surface area contributed by atoms with Gasteiger partial charge in [-0.15, -0.1) is 0 Å². The summed E-state index contributed by atoms with van der Waals surface area (Å²) in [6, 6.07) is 9.37. The molecule has 2 rings (SSSR count). The van der Waals surface area contributed by atoms with Gasteiger partial charge in [0, 0.05) is 6.54 Å². The zero-order valence-corrected chi connectivity index (χ0v) is 14.8. The first-order valence-corrected chi connectivity index (χ1v) is 9.98. The fraction of sp³-hybridized carbons (Fsp3) is 0.143. The summed E-state index contributed by atoms with van der Waals surface area (Å²) in [5, 5.41) is -0.306. The predicted octanol–water partition coefficient (Wildman–Crippen LogP) is 1.87. The van der Waals surface area contributed by atoms with Crippen LogP contribution in [0.25, 0.3) is 0 Å². The normalized spacial score (nSPS) is 12.3. The molecule has 130 valence electrons. The molecule has 0 spiro atoms. The molecule has 24 heavy (non-hydrogen) atoms. The van der Waals surface area contributed by atoms with Crippen LogP contribution in [-0.4, -0.2) is 23.9 Å². The molecule has 0 heterocycles. The molecule has 0 bridgehead atoms. The average molecular weight is 393 g/mol. The van der Waals surface area contributed by atoms with E-state index in [1.807, 2.05) is 0 Å². The fourth-order valence-electron chi connectivity index (χ4n) is 1.89. The Morgan fingerprint density at radius 3 is 2.38 bits per heavy atom. The summed E-state index contributed by atoms with van der Waals surface area (Å²) in [5.74, 6) is -1.04. The molecule has 0 atom stereocenters. The Balaban J connectivity index is 2.25.